The van der Waals surface area contributed by atoms with Crippen LogP contribution in [0, 0.1) is 0 Å². The molecule has 8 heteroatoms. The van der Waals surface area contributed by atoms with Crippen LogP contribution in [-0.4, -0.2) is 34.5 Å². The van der Waals surface area contributed by atoms with Gasteiger partial charge in [0.1, 0.15) is 23.4 Å². The Morgan fingerprint density at radius 2 is 1.90 bits per heavy atom. The minimum atomic E-state index is -0.837. The lowest BCUT2D eigenvalue weighted by molar-refractivity contribution is -0.132. The second kappa shape index (κ2) is 10.1. The van der Waals surface area contributed by atoms with E-state index in [0.29, 0.717) is 40.9 Å². The van der Waals surface area contributed by atoms with Crippen LogP contribution in [0.15, 0.2) is 66.2 Å². The van der Waals surface area contributed by atoms with E-state index in [1.807, 2.05) is 62.4 Å². The number of aliphatic hydroxyl groups excluding tert-OH is 1. The van der Waals surface area contributed by atoms with E-state index in [1.165, 1.54) is 16.2 Å². The largest absolute Gasteiger partial charge is 0.507 e. The summed E-state index contributed by atoms with van der Waals surface area (Å²) in [6, 6.07) is 17.9. The maximum atomic E-state index is 13.6. The predicted octanol–water partition coefficient (Wildman–Crippen LogP) is 6.77. The van der Waals surface area contributed by atoms with Crippen LogP contribution in [0.2, 0.25) is 0 Å². The van der Waals surface area contributed by atoms with E-state index < -0.39 is 17.7 Å². The van der Waals surface area contributed by atoms with Gasteiger partial charge >= 0.3 is 5.91 Å². The first kappa shape index (κ1) is 26.1. The number of anilines is 1. The average molecular weight is 555 g/mol. The number of carbonyl (C=O) groups is 2. The maximum absolute atomic E-state index is 13.6. The lowest BCUT2D eigenvalue weighted by atomic mass is 9.93. The summed E-state index contributed by atoms with van der Waals surface area (Å²) in [6.45, 7) is 8.66. The molecule has 0 saturated carbocycles. The van der Waals surface area contributed by atoms with E-state index in [4.69, 9.17) is 14.5 Å². The molecule has 204 valence electrons. The zero-order valence-corrected chi connectivity index (χ0v) is 23.6. The number of Topliss-reactive ketones (excluding diaryl/α,β-unsaturated/α-hetero) is 1. The van der Waals surface area contributed by atoms with Crippen molar-refractivity contribution in [1.82, 2.24) is 4.98 Å². The molecular formula is C32H30N2O5S. The number of aliphatic hydroxyl groups is 1. The Balaban J connectivity index is 1.50. The van der Waals surface area contributed by atoms with Crippen molar-refractivity contribution in [3.8, 4) is 11.5 Å². The van der Waals surface area contributed by atoms with E-state index in [0.717, 1.165) is 27.1 Å². The molecule has 0 unspecified atom stereocenters. The molecule has 6 rings (SSSR count). The van der Waals surface area contributed by atoms with Gasteiger partial charge < -0.3 is 14.6 Å². The van der Waals surface area contributed by atoms with E-state index in [1.54, 1.807) is 12.1 Å². The second-order valence-corrected chi connectivity index (χ2v) is 11.5. The number of aromatic nitrogens is 1. The summed E-state index contributed by atoms with van der Waals surface area (Å²) in [7, 11) is 0. The molecule has 3 aromatic carbocycles. The molecule has 40 heavy (non-hydrogen) atoms. The third kappa shape index (κ3) is 4.42. The molecular weight excluding hydrogens is 524 g/mol. The summed E-state index contributed by atoms with van der Waals surface area (Å²) < 4.78 is 12.3. The Bertz CT molecular complexity index is 1670. The zero-order valence-electron chi connectivity index (χ0n) is 22.8. The molecule has 0 bridgehead atoms. The lowest BCUT2D eigenvalue weighted by Crippen LogP contribution is -2.29. The van der Waals surface area contributed by atoms with Crippen LogP contribution < -0.4 is 14.4 Å². The van der Waals surface area contributed by atoms with Gasteiger partial charge in [0.15, 0.2) is 5.13 Å². The smallest absolute Gasteiger partial charge is 0.301 e. The summed E-state index contributed by atoms with van der Waals surface area (Å²) in [5, 5.41) is 12.0. The van der Waals surface area contributed by atoms with Gasteiger partial charge in [-0.05, 0) is 72.9 Å². The topological polar surface area (TPSA) is 89.0 Å². The number of fused-ring (bicyclic) bond motifs is 2. The van der Waals surface area contributed by atoms with Crippen LogP contribution in [0.5, 0.6) is 11.5 Å². The highest BCUT2D eigenvalue weighted by Crippen LogP contribution is 2.45. The van der Waals surface area contributed by atoms with E-state index in [-0.39, 0.29) is 17.4 Å². The van der Waals surface area contributed by atoms with Gasteiger partial charge in [-0.15, -0.1) is 0 Å². The molecule has 7 nitrogen and oxygen atoms in total. The highest BCUT2D eigenvalue weighted by molar-refractivity contribution is 7.22. The summed E-state index contributed by atoms with van der Waals surface area (Å²) in [4.78, 5) is 33.4. The number of hydrogen-bond donors (Lipinski definition) is 1. The molecule has 2 aliphatic heterocycles. The number of carbonyl (C=O) groups excluding carboxylic acids is 2. The molecule has 1 N–H and O–H groups in total. The molecule has 1 fully saturated rings. The third-order valence-corrected chi connectivity index (χ3v) is 8.42. The van der Waals surface area contributed by atoms with Crippen molar-refractivity contribution in [1.29, 1.82) is 0 Å². The monoisotopic (exact) mass is 554 g/mol. The molecule has 1 amide bonds. The maximum Gasteiger partial charge on any atom is 0.301 e. The van der Waals surface area contributed by atoms with Crippen molar-refractivity contribution in [2.75, 3.05) is 11.5 Å². The van der Waals surface area contributed by atoms with Crippen LogP contribution in [0.1, 0.15) is 61.9 Å². The van der Waals surface area contributed by atoms with Gasteiger partial charge in [0.25, 0.3) is 5.78 Å². The number of ketones is 1. The first-order chi connectivity index (χ1) is 19.2. The van der Waals surface area contributed by atoms with Gasteiger partial charge in [0, 0.05) is 12.0 Å². The van der Waals surface area contributed by atoms with Crippen molar-refractivity contribution < 1.29 is 24.2 Å². The molecule has 0 spiro atoms. The van der Waals surface area contributed by atoms with Crippen LogP contribution in [0.3, 0.4) is 0 Å². The fraction of sp³-hybridized carbons (Fsp3) is 0.281. The summed E-state index contributed by atoms with van der Waals surface area (Å²) in [5.41, 5.74) is 4.04. The standard InChI is InChI=1S/C32H30N2O5S/c1-5-38-23-11-12-24-26(16-23)40-32(33-24)34-28(20-8-6-19(7-9-20)17(2)3)27(30(36)31(34)37)29(35)21-10-13-25-22(15-21)14-18(4)39-25/h6-13,15-18,28,35H,5,14H2,1-4H3/b29-27+/t18-,28+/m0/s1. The number of rotatable bonds is 6. The van der Waals surface area contributed by atoms with Crippen molar-refractivity contribution in [3.05, 3.63) is 88.5 Å². The molecule has 1 aromatic heterocycles. The fourth-order valence-electron chi connectivity index (χ4n) is 5.39. The second-order valence-electron chi connectivity index (χ2n) is 10.5. The van der Waals surface area contributed by atoms with Crippen molar-refractivity contribution in [2.24, 2.45) is 0 Å². The summed E-state index contributed by atoms with van der Waals surface area (Å²) >= 11 is 1.31. The van der Waals surface area contributed by atoms with Gasteiger partial charge in [-0.25, -0.2) is 4.98 Å². The minimum absolute atomic E-state index is 0.0414. The Labute approximate surface area is 236 Å². The van der Waals surface area contributed by atoms with Crippen LogP contribution in [0.25, 0.3) is 16.0 Å². The molecule has 0 radical (unpaired) electrons. The first-order valence-electron chi connectivity index (χ1n) is 13.5. The molecule has 2 atom stereocenters. The SMILES string of the molecule is CCOc1ccc2nc(N3C(=O)C(=O)/C(=C(/O)c4ccc5c(c4)C[C@H](C)O5)[C@H]3c3ccc(C(C)C)cc3)sc2c1. The number of amides is 1. The highest BCUT2D eigenvalue weighted by atomic mass is 32.1. The van der Waals surface area contributed by atoms with Gasteiger partial charge in [0.05, 0.1) is 28.4 Å². The van der Waals surface area contributed by atoms with Gasteiger partial charge in [-0.3, -0.25) is 14.5 Å². The average Bonchev–Trinajstić information content (AvgIpc) is 3.60. The number of benzene rings is 3. The van der Waals surface area contributed by atoms with Crippen molar-refractivity contribution in [3.63, 3.8) is 0 Å². The Kier molecular flexibility index (Phi) is 6.58. The minimum Gasteiger partial charge on any atom is -0.507 e. The third-order valence-electron chi connectivity index (χ3n) is 7.40. The summed E-state index contributed by atoms with van der Waals surface area (Å²) in [6.07, 6.45) is 0.750. The van der Waals surface area contributed by atoms with Crippen molar-refractivity contribution >= 4 is 44.1 Å². The predicted molar refractivity (Wildman–Crippen MR) is 156 cm³/mol. The van der Waals surface area contributed by atoms with E-state index >= 15 is 0 Å². The number of nitrogens with zero attached hydrogens (tertiary/aromatic N) is 2. The fourth-order valence-corrected chi connectivity index (χ4v) is 6.41. The van der Waals surface area contributed by atoms with Gasteiger partial charge in [0.2, 0.25) is 0 Å². The first-order valence-corrected chi connectivity index (χ1v) is 14.3. The quantitative estimate of drug-likeness (QED) is 0.161. The number of hydrogen-bond acceptors (Lipinski definition) is 7. The zero-order chi connectivity index (χ0) is 28.1. The highest BCUT2D eigenvalue weighted by Gasteiger charge is 2.48. The Morgan fingerprint density at radius 1 is 1.12 bits per heavy atom. The summed E-state index contributed by atoms with van der Waals surface area (Å²) in [5.74, 6) is 0.131. The molecule has 3 heterocycles. The van der Waals surface area contributed by atoms with Crippen LogP contribution in [0.4, 0.5) is 5.13 Å². The Hall–Kier alpha value is -4.17. The van der Waals surface area contributed by atoms with E-state index in [2.05, 4.69) is 13.8 Å². The number of thiazole rings is 1. The molecule has 1 saturated heterocycles. The van der Waals surface area contributed by atoms with Crippen molar-refractivity contribution in [2.45, 2.75) is 52.2 Å². The van der Waals surface area contributed by atoms with Gasteiger partial charge in [-0.2, -0.15) is 0 Å². The normalized spacial score (nSPS) is 19.9. The molecule has 4 aromatic rings. The van der Waals surface area contributed by atoms with E-state index in [9.17, 15) is 14.7 Å². The van der Waals surface area contributed by atoms with Crippen LogP contribution in [-0.2, 0) is 16.0 Å². The molecule has 0 aliphatic carbocycles. The molecule has 2 aliphatic rings. The number of ether oxygens (including phenoxy) is 2. The van der Waals surface area contributed by atoms with Crippen LogP contribution >= 0.6 is 11.3 Å². The van der Waals surface area contributed by atoms with Gasteiger partial charge in [-0.1, -0.05) is 49.4 Å². The lowest BCUT2D eigenvalue weighted by Gasteiger charge is -2.23. The Morgan fingerprint density at radius 3 is 2.62 bits per heavy atom.